The van der Waals surface area contributed by atoms with E-state index in [1.165, 1.54) is 11.8 Å². The lowest BCUT2D eigenvalue weighted by atomic mass is 10.1. The number of aromatic nitrogens is 2. The Balaban J connectivity index is 2.00. The predicted octanol–water partition coefficient (Wildman–Crippen LogP) is 2.82. The molecule has 1 aromatic carbocycles. The third-order valence-electron chi connectivity index (χ3n) is 3.60. The second kappa shape index (κ2) is 7.20. The van der Waals surface area contributed by atoms with Gasteiger partial charge in [-0.1, -0.05) is 53.8 Å². The van der Waals surface area contributed by atoms with E-state index in [0.717, 1.165) is 16.7 Å². The van der Waals surface area contributed by atoms with Crippen molar-refractivity contribution in [3.63, 3.8) is 0 Å². The lowest BCUT2D eigenvalue weighted by Crippen LogP contribution is -2.17. The molecule has 2 aromatic rings. The minimum absolute atomic E-state index is 0.0235. The highest BCUT2D eigenvalue weighted by atomic mass is 32.2. The van der Waals surface area contributed by atoms with Gasteiger partial charge in [-0.3, -0.25) is 14.3 Å². The third kappa shape index (κ3) is 4.15. The maximum Gasteiger partial charge on any atom is 0.305 e. The first-order valence-electron chi connectivity index (χ1n) is 7.53. The zero-order valence-electron chi connectivity index (χ0n) is 13.4. The number of nitrogens with zero attached hydrogens (tertiary/aromatic N) is 2. The van der Waals surface area contributed by atoms with Crippen molar-refractivity contribution < 1.29 is 14.7 Å². The average molecular weight is 373 g/mol. The van der Waals surface area contributed by atoms with Gasteiger partial charge in [0.15, 0.2) is 0 Å². The number of aryl methyl sites for hydroxylation is 2. The van der Waals surface area contributed by atoms with Crippen LogP contribution in [0.1, 0.15) is 17.5 Å². The van der Waals surface area contributed by atoms with Crippen molar-refractivity contribution in [2.45, 2.75) is 19.9 Å². The van der Waals surface area contributed by atoms with Gasteiger partial charge in [-0.2, -0.15) is 5.10 Å². The number of carboxylic acids is 1. The van der Waals surface area contributed by atoms with Crippen molar-refractivity contribution >= 4 is 46.3 Å². The summed E-state index contributed by atoms with van der Waals surface area (Å²) in [5.74, 6) is -1.12. The van der Waals surface area contributed by atoms with E-state index in [2.05, 4.69) is 10.4 Å². The number of nitrogens with one attached hydrogen (secondary N) is 1. The normalized spacial score (nSPS) is 15.6. The Hall–Kier alpha value is -2.45. The number of thiocarbonyl (C=S) groups is 1. The molecule has 2 N–H and O–H groups in total. The number of hydrogen-bond donors (Lipinski definition) is 2. The van der Waals surface area contributed by atoms with Gasteiger partial charge in [0.25, 0.3) is 5.91 Å². The number of thioether (sulfide) groups is 1. The van der Waals surface area contributed by atoms with Crippen LogP contribution in [0.3, 0.4) is 0 Å². The van der Waals surface area contributed by atoms with Gasteiger partial charge in [-0.05, 0) is 13.0 Å². The van der Waals surface area contributed by atoms with Crippen molar-refractivity contribution in [3.8, 4) is 11.3 Å². The molecule has 0 radical (unpaired) electrons. The van der Waals surface area contributed by atoms with Gasteiger partial charge in [0.05, 0.1) is 23.6 Å². The molecule has 3 rings (SSSR count). The highest BCUT2D eigenvalue weighted by Gasteiger charge is 2.23. The van der Waals surface area contributed by atoms with Gasteiger partial charge in [-0.25, -0.2) is 0 Å². The Bertz CT molecular complexity index is 885. The van der Waals surface area contributed by atoms with E-state index in [1.54, 1.807) is 17.0 Å². The molecule has 1 fully saturated rings. The van der Waals surface area contributed by atoms with E-state index in [9.17, 15) is 9.59 Å². The lowest BCUT2D eigenvalue weighted by Gasteiger charge is -2.01. The molecular formula is C17H15N3O3S2. The summed E-state index contributed by atoms with van der Waals surface area (Å²) in [7, 11) is 0. The molecule has 1 saturated heterocycles. The van der Waals surface area contributed by atoms with Crippen LogP contribution in [0.5, 0.6) is 0 Å². The van der Waals surface area contributed by atoms with E-state index >= 15 is 0 Å². The zero-order valence-corrected chi connectivity index (χ0v) is 15.0. The molecule has 8 heteroatoms. The number of hydrogen-bond acceptors (Lipinski definition) is 5. The Labute approximate surface area is 153 Å². The van der Waals surface area contributed by atoms with Crippen LogP contribution in [0, 0.1) is 6.92 Å². The van der Waals surface area contributed by atoms with E-state index < -0.39 is 5.97 Å². The summed E-state index contributed by atoms with van der Waals surface area (Å²) in [6.07, 6.45) is 3.46. The van der Waals surface area contributed by atoms with E-state index in [1.807, 2.05) is 31.2 Å². The molecule has 6 nitrogen and oxygen atoms in total. The Morgan fingerprint density at radius 2 is 2.12 bits per heavy atom. The van der Waals surface area contributed by atoms with Crippen LogP contribution >= 0.6 is 24.0 Å². The number of carbonyl (C=O) groups excluding carboxylic acids is 1. The van der Waals surface area contributed by atoms with Crippen LogP contribution in [0.2, 0.25) is 0 Å². The monoisotopic (exact) mass is 373 g/mol. The van der Waals surface area contributed by atoms with Crippen LogP contribution in [-0.2, 0) is 16.1 Å². The first-order valence-corrected chi connectivity index (χ1v) is 8.76. The first kappa shape index (κ1) is 17.4. The molecule has 1 amide bonds. The predicted molar refractivity (Wildman–Crippen MR) is 101 cm³/mol. The zero-order chi connectivity index (χ0) is 18.0. The highest BCUT2D eigenvalue weighted by molar-refractivity contribution is 8.26. The molecule has 0 bridgehead atoms. The summed E-state index contributed by atoms with van der Waals surface area (Å²) < 4.78 is 2.01. The smallest absolute Gasteiger partial charge is 0.305 e. The van der Waals surface area contributed by atoms with Crippen LogP contribution < -0.4 is 5.32 Å². The van der Waals surface area contributed by atoms with Crippen molar-refractivity contribution in [2.24, 2.45) is 0 Å². The fourth-order valence-corrected chi connectivity index (χ4v) is 3.40. The standard InChI is InChI=1S/C17H15N3O3S2/c1-10-2-4-11(5-3-10)15-12(8-13-16(23)18-17(24)25-13)9-20(19-15)7-6-14(21)22/h2-5,8-9H,6-7H2,1H3,(H,21,22)(H,18,23,24). The second-order valence-electron chi connectivity index (χ2n) is 5.56. The fraction of sp³-hybridized carbons (Fsp3) is 0.176. The van der Waals surface area contributed by atoms with Gasteiger partial charge in [0.2, 0.25) is 0 Å². The number of rotatable bonds is 5. The van der Waals surface area contributed by atoms with Gasteiger partial charge in [0, 0.05) is 17.3 Å². The summed E-state index contributed by atoms with van der Waals surface area (Å²) in [5.41, 5.74) is 3.48. The maximum absolute atomic E-state index is 11.9. The second-order valence-corrected chi connectivity index (χ2v) is 7.28. The van der Waals surface area contributed by atoms with Gasteiger partial charge in [-0.15, -0.1) is 0 Å². The fourth-order valence-electron chi connectivity index (χ4n) is 2.37. The molecule has 0 unspecified atom stereocenters. The largest absolute Gasteiger partial charge is 0.481 e. The maximum atomic E-state index is 11.9. The van der Waals surface area contributed by atoms with Crippen molar-refractivity contribution in [1.82, 2.24) is 15.1 Å². The third-order valence-corrected chi connectivity index (χ3v) is 4.76. The molecule has 1 aliphatic rings. The summed E-state index contributed by atoms with van der Waals surface area (Å²) in [5, 5.41) is 16.0. The Morgan fingerprint density at radius 3 is 2.72 bits per heavy atom. The molecule has 25 heavy (non-hydrogen) atoms. The number of carbonyl (C=O) groups is 2. The molecule has 0 saturated carbocycles. The topological polar surface area (TPSA) is 84.2 Å². The minimum atomic E-state index is -0.886. The number of benzene rings is 1. The van der Waals surface area contributed by atoms with Gasteiger partial charge >= 0.3 is 5.97 Å². The van der Waals surface area contributed by atoms with E-state index in [0.29, 0.717) is 14.9 Å². The number of carboxylic acid groups (broad SMARTS) is 1. The van der Waals surface area contributed by atoms with Crippen molar-refractivity contribution in [3.05, 3.63) is 46.5 Å². The number of amides is 1. The Morgan fingerprint density at radius 1 is 1.40 bits per heavy atom. The number of aliphatic carboxylic acids is 1. The average Bonchev–Trinajstić information content (AvgIpc) is 3.09. The van der Waals surface area contributed by atoms with Crippen molar-refractivity contribution in [1.29, 1.82) is 0 Å². The molecule has 128 valence electrons. The molecule has 0 aliphatic carbocycles. The first-order chi connectivity index (χ1) is 11.9. The van der Waals surface area contributed by atoms with E-state index in [-0.39, 0.29) is 18.9 Å². The summed E-state index contributed by atoms with van der Waals surface area (Å²) in [6, 6.07) is 7.87. The van der Waals surface area contributed by atoms with Crippen LogP contribution in [0.4, 0.5) is 0 Å². The molecule has 1 aromatic heterocycles. The lowest BCUT2D eigenvalue weighted by molar-refractivity contribution is -0.137. The summed E-state index contributed by atoms with van der Waals surface area (Å²) in [4.78, 5) is 23.2. The minimum Gasteiger partial charge on any atom is -0.481 e. The van der Waals surface area contributed by atoms with Crippen LogP contribution in [0.15, 0.2) is 35.4 Å². The van der Waals surface area contributed by atoms with E-state index in [4.69, 9.17) is 17.3 Å². The molecular weight excluding hydrogens is 358 g/mol. The van der Waals surface area contributed by atoms with Crippen LogP contribution in [-0.4, -0.2) is 31.1 Å². The highest BCUT2D eigenvalue weighted by Crippen LogP contribution is 2.30. The van der Waals surface area contributed by atoms with Crippen LogP contribution in [0.25, 0.3) is 17.3 Å². The molecule has 2 heterocycles. The molecule has 0 spiro atoms. The van der Waals surface area contributed by atoms with Gasteiger partial charge < -0.3 is 10.4 Å². The summed E-state index contributed by atoms with van der Waals surface area (Å²) >= 11 is 6.21. The SMILES string of the molecule is Cc1ccc(-c2nn(CCC(=O)O)cc2C=C2SC(=S)NC2=O)cc1. The van der Waals surface area contributed by atoms with Gasteiger partial charge in [0.1, 0.15) is 4.32 Å². The molecule has 1 aliphatic heterocycles. The van der Waals surface area contributed by atoms with Crippen molar-refractivity contribution in [2.75, 3.05) is 0 Å². The summed E-state index contributed by atoms with van der Waals surface area (Å²) in [6.45, 7) is 2.26. The quantitative estimate of drug-likeness (QED) is 0.619. The molecule has 0 atom stereocenters. The Kier molecular flexibility index (Phi) is 5.00.